The summed E-state index contributed by atoms with van der Waals surface area (Å²) >= 11 is 2.48. The molecule has 0 spiro atoms. The Bertz CT molecular complexity index is 184. The van der Waals surface area contributed by atoms with Gasteiger partial charge in [0.1, 0.15) is 0 Å². The molecule has 0 aromatic carbocycles. The Kier molecular flexibility index (Phi) is 4.70. The van der Waals surface area contributed by atoms with E-state index in [1.165, 1.54) is 44.9 Å². The molecule has 1 aliphatic carbocycles. The van der Waals surface area contributed by atoms with Gasteiger partial charge in [0, 0.05) is 11.0 Å². The van der Waals surface area contributed by atoms with E-state index in [9.17, 15) is 0 Å². The Morgan fingerprint density at radius 1 is 1.20 bits per heavy atom. The topological polar surface area (TPSA) is 18.5 Å². The summed E-state index contributed by atoms with van der Waals surface area (Å²) in [4.78, 5) is 0. The molecule has 2 aliphatic rings. The molecule has 1 aliphatic heterocycles. The third-order valence-corrected chi connectivity index (χ3v) is 5.00. The highest BCUT2D eigenvalue weighted by Gasteiger charge is 2.33. The van der Waals surface area contributed by atoms with Crippen LogP contribution in [0.1, 0.15) is 44.9 Å². The minimum Gasteiger partial charge on any atom is -0.376 e. The summed E-state index contributed by atoms with van der Waals surface area (Å²) in [6.45, 7) is 1.76. The third kappa shape index (κ3) is 3.30. The standard InChI is InChI=1S/C12H21IO2/c13-10-12(6-2-1-3-7-12)15-9-11-5-4-8-14-11/h11H,1-10H2. The molecule has 0 bridgehead atoms. The quantitative estimate of drug-likeness (QED) is 0.583. The second-order valence-electron chi connectivity index (χ2n) is 4.82. The van der Waals surface area contributed by atoms with Crippen LogP contribution in [0, 0.1) is 0 Å². The van der Waals surface area contributed by atoms with Crippen LogP contribution in [0.25, 0.3) is 0 Å². The van der Waals surface area contributed by atoms with Crippen molar-refractivity contribution >= 4 is 22.6 Å². The van der Waals surface area contributed by atoms with Crippen LogP contribution in [-0.2, 0) is 9.47 Å². The molecule has 88 valence electrons. The summed E-state index contributed by atoms with van der Waals surface area (Å²) < 4.78 is 12.9. The predicted molar refractivity (Wildman–Crippen MR) is 69.6 cm³/mol. The molecule has 1 unspecified atom stereocenters. The molecule has 3 heteroatoms. The van der Waals surface area contributed by atoms with Crippen molar-refractivity contribution in [2.75, 3.05) is 17.6 Å². The van der Waals surface area contributed by atoms with E-state index >= 15 is 0 Å². The Morgan fingerprint density at radius 2 is 2.00 bits per heavy atom. The van der Waals surface area contributed by atoms with E-state index in [0.717, 1.165) is 17.6 Å². The third-order valence-electron chi connectivity index (χ3n) is 3.61. The number of hydrogen-bond donors (Lipinski definition) is 0. The fourth-order valence-corrected chi connectivity index (χ4v) is 3.54. The normalized spacial score (nSPS) is 30.6. The van der Waals surface area contributed by atoms with Gasteiger partial charge in [-0.15, -0.1) is 0 Å². The lowest BCUT2D eigenvalue weighted by Crippen LogP contribution is -2.39. The Hall–Kier alpha value is 0.650. The van der Waals surface area contributed by atoms with Crippen molar-refractivity contribution < 1.29 is 9.47 Å². The molecular weight excluding hydrogens is 303 g/mol. The van der Waals surface area contributed by atoms with Crippen LogP contribution in [0.2, 0.25) is 0 Å². The van der Waals surface area contributed by atoms with Crippen LogP contribution >= 0.6 is 22.6 Å². The molecule has 0 aromatic heterocycles. The zero-order chi connectivity index (χ0) is 10.6. The molecule has 2 nitrogen and oxygen atoms in total. The maximum absolute atomic E-state index is 6.17. The largest absolute Gasteiger partial charge is 0.376 e. The molecule has 0 radical (unpaired) electrons. The van der Waals surface area contributed by atoms with Crippen LogP contribution in [0.3, 0.4) is 0 Å². The highest BCUT2D eigenvalue weighted by atomic mass is 127. The number of hydrogen-bond acceptors (Lipinski definition) is 2. The van der Waals surface area contributed by atoms with Gasteiger partial charge in [-0.2, -0.15) is 0 Å². The molecule has 1 saturated heterocycles. The molecule has 15 heavy (non-hydrogen) atoms. The molecule has 1 saturated carbocycles. The first kappa shape index (κ1) is 12.1. The van der Waals surface area contributed by atoms with E-state index in [0.29, 0.717) is 6.10 Å². The molecule has 0 amide bonds. The fraction of sp³-hybridized carbons (Fsp3) is 1.00. The number of rotatable bonds is 4. The zero-order valence-corrected chi connectivity index (χ0v) is 11.5. The van der Waals surface area contributed by atoms with E-state index in [2.05, 4.69) is 22.6 Å². The zero-order valence-electron chi connectivity index (χ0n) is 9.34. The van der Waals surface area contributed by atoms with Crippen LogP contribution in [0.5, 0.6) is 0 Å². The molecular formula is C12H21IO2. The summed E-state index contributed by atoms with van der Waals surface area (Å²) in [5.74, 6) is 0. The second-order valence-corrected chi connectivity index (χ2v) is 5.59. The van der Waals surface area contributed by atoms with E-state index in [-0.39, 0.29) is 5.60 Å². The summed E-state index contributed by atoms with van der Waals surface area (Å²) in [6.07, 6.45) is 9.37. The van der Waals surface area contributed by atoms with Gasteiger partial charge in [-0.25, -0.2) is 0 Å². The number of halogens is 1. The SMILES string of the molecule is ICC1(OCC2CCCO2)CCCCC1. The lowest BCUT2D eigenvalue weighted by Gasteiger charge is -2.36. The van der Waals surface area contributed by atoms with Crippen LogP contribution in [0.15, 0.2) is 0 Å². The maximum atomic E-state index is 6.17. The van der Waals surface area contributed by atoms with Crippen molar-refractivity contribution in [1.29, 1.82) is 0 Å². The maximum Gasteiger partial charge on any atom is 0.0809 e. The summed E-state index contributed by atoms with van der Waals surface area (Å²) in [6, 6.07) is 0. The molecule has 0 aromatic rings. The minimum absolute atomic E-state index is 0.185. The Morgan fingerprint density at radius 3 is 2.60 bits per heavy atom. The summed E-state index contributed by atoms with van der Waals surface area (Å²) in [5, 5.41) is 0. The molecule has 0 N–H and O–H groups in total. The van der Waals surface area contributed by atoms with E-state index in [1.807, 2.05) is 0 Å². The first-order valence-corrected chi connectivity index (χ1v) is 7.69. The fourth-order valence-electron chi connectivity index (χ4n) is 2.56. The highest BCUT2D eigenvalue weighted by Crippen LogP contribution is 2.34. The van der Waals surface area contributed by atoms with Gasteiger partial charge in [0.2, 0.25) is 0 Å². The molecule has 1 atom stereocenters. The van der Waals surface area contributed by atoms with E-state index in [4.69, 9.17) is 9.47 Å². The molecule has 1 heterocycles. The van der Waals surface area contributed by atoms with Gasteiger partial charge in [-0.1, -0.05) is 41.9 Å². The van der Waals surface area contributed by atoms with Gasteiger partial charge >= 0.3 is 0 Å². The van der Waals surface area contributed by atoms with Crippen LogP contribution in [0.4, 0.5) is 0 Å². The molecule has 2 rings (SSSR count). The van der Waals surface area contributed by atoms with Crippen molar-refractivity contribution in [2.24, 2.45) is 0 Å². The monoisotopic (exact) mass is 324 g/mol. The van der Waals surface area contributed by atoms with E-state index < -0.39 is 0 Å². The highest BCUT2D eigenvalue weighted by molar-refractivity contribution is 14.1. The lowest BCUT2D eigenvalue weighted by atomic mass is 9.86. The van der Waals surface area contributed by atoms with E-state index in [1.54, 1.807) is 0 Å². The minimum atomic E-state index is 0.185. The average Bonchev–Trinajstić information content (AvgIpc) is 2.81. The van der Waals surface area contributed by atoms with Crippen molar-refractivity contribution in [3.05, 3.63) is 0 Å². The number of alkyl halides is 1. The van der Waals surface area contributed by atoms with Gasteiger partial charge in [0.25, 0.3) is 0 Å². The van der Waals surface area contributed by atoms with Crippen molar-refractivity contribution in [1.82, 2.24) is 0 Å². The van der Waals surface area contributed by atoms with Gasteiger partial charge in [-0.3, -0.25) is 0 Å². The van der Waals surface area contributed by atoms with Crippen LogP contribution in [-0.4, -0.2) is 29.3 Å². The van der Waals surface area contributed by atoms with Crippen LogP contribution < -0.4 is 0 Å². The average molecular weight is 324 g/mol. The first-order chi connectivity index (χ1) is 7.35. The lowest BCUT2D eigenvalue weighted by molar-refractivity contribution is -0.0866. The molecule has 2 fully saturated rings. The second kappa shape index (κ2) is 5.82. The summed E-state index contributed by atoms with van der Waals surface area (Å²) in [7, 11) is 0. The van der Waals surface area contributed by atoms with Gasteiger partial charge in [0.05, 0.1) is 18.3 Å². The Labute approximate surface area is 106 Å². The smallest absolute Gasteiger partial charge is 0.0809 e. The van der Waals surface area contributed by atoms with Crippen molar-refractivity contribution in [3.8, 4) is 0 Å². The Balaban J connectivity index is 1.78. The van der Waals surface area contributed by atoms with Crippen molar-refractivity contribution in [3.63, 3.8) is 0 Å². The van der Waals surface area contributed by atoms with Crippen molar-refractivity contribution in [2.45, 2.75) is 56.7 Å². The van der Waals surface area contributed by atoms with Gasteiger partial charge in [-0.05, 0) is 25.7 Å². The first-order valence-electron chi connectivity index (χ1n) is 6.16. The predicted octanol–water partition coefficient (Wildman–Crippen LogP) is 3.32. The number of ether oxygens (including phenoxy) is 2. The summed E-state index contributed by atoms with van der Waals surface area (Å²) in [5.41, 5.74) is 0.185. The van der Waals surface area contributed by atoms with Gasteiger partial charge < -0.3 is 9.47 Å². The van der Waals surface area contributed by atoms with Gasteiger partial charge in [0.15, 0.2) is 0 Å².